The minimum absolute atomic E-state index is 0.0486. The van der Waals surface area contributed by atoms with Crippen molar-refractivity contribution in [1.82, 2.24) is 0 Å². The molecule has 11 aromatic rings. The Balaban J connectivity index is 1.17. The second-order valence-corrected chi connectivity index (χ2v) is 18.6. The molecule has 58 heavy (non-hydrogen) atoms. The van der Waals surface area contributed by atoms with Crippen molar-refractivity contribution in [2.45, 2.75) is 19.3 Å². The van der Waals surface area contributed by atoms with Crippen LogP contribution in [0.25, 0.3) is 103 Å². The Morgan fingerprint density at radius 3 is 1.72 bits per heavy atom. The van der Waals surface area contributed by atoms with Crippen molar-refractivity contribution in [3.63, 3.8) is 0 Å². The van der Waals surface area contributed by atoms with E-state index < -0.39 is 7.53 Å². The molecule has 0 amide bonds. The van der Waals surface area contributed by atoms with Crippen molar-refractivity contribution in [3.05, 3.63) is 211 Å². The third-order valence-electron chi connectivity index (χ3n) is 13.0. The Kier molecular flexibility index (Phi) is 7.28. The molecule has 1 aliphatic carbocycles. The van der Waals surface area contributed by atoms with Gasteiger partial charge in [0.05, 0.1) is 0 Å². The first-order valence-electron chi connectivity index (χ1n) is 20.3. The van der Waals surface area contributed by atoms with Crippen molar-refractivity contribution < 1.29 is 0 Å². The topological polar surface area (TPSA) is 0 Å². The lowest BCUT2D eigenvalue weighted by Crippen LogP contribution is -2.14. The number of hydrogen-bond acceptors (Lipinski definition) is 0. The molecular weight excluding hydrogens is 716 g/mol. The fraction of sp³-hybridized carbons (Fsp3) is 0.0526. The lowest BCUT2D eigenvalue weighted by atomic mass is 9.81. The van der Waals surface area contributed by atoms with E-state index in [4.69, 9.17) is 0 Å². The van der Waals surface area contributed by atoms with Gasteiger partial charge in [0.25, 0.3) is 0 Å². The van der Waals surface area contributed by atoms with Crippen LogP contribution in [0.15, 0.2) is 200 Å². The standard InChI is InChI=1S/C57H39P/c1-57(2)51-25-12-10-20-43(51)48-34-38(28-31-52(48)57)56-46-23-9-8-22-45(46)55(47-30-27-37(33-50(47)56)42-24-14-16-36-15-6-7-19-41(36)42)39-29-32-54-49(35-39)44-21-11-13-26-53(44)58(54)40-17-4-3-5-18-40/h3-35H,1-2H3. The van der Waals surface area contributed by atoms with Crippen LogP contribution in [-0.4, -0.2) is 0 Å². The molecule has 0 N–H and O–H groups in total. The van der Waals surface area contributed by atoms with Crippen LogP contribution in [0.2, 0.25) is 0 Å². The molecule has 1 aliphatic rings. The maximum atomic E-state index is 2.49. The highest BCUT2D eigenvalue weighted by atomic mass is 31.1. The van der Waals surface area contributed by atoms with Crippen molar-refractivity contribution in [2.24, 2.45) is 0 Å². The van der Waals surface area contributed by atoms with Crippen molar-refractivity contribution in [3.8, 4) is 49.8 Å². The largest absolute Gasteiger partial charge is 0.0772 e. The van der Waals surface area contributed by atoms with Gasteiger partial charge in [-0.15, -0.1) is 0 Å². The van der Waals surface area contributed by atoms with Gasteiger partial charge in [-0.25, -0.2) is 0 Å². The van der Waals surface area contributed by atoms with Gasteiger partial charge in [0, 0.05) is 15.7 Å². The van der Waals surface area contributed by atoms with Gasteiger partial charge < -0.3 is 0 Å². The third-order valence-corrected chi connectivity index (χ3v) is 15.5. The molecule has 1 heterocycles. The number of rotatable bonds is 4. The third kappa shape index (κ3) is 4.83. The van der Waals surface area contributed by atoms with Gasteiger partial charge in [-0.1, -0.05) is 197 Å². The Morgan fingerprint density at radius 2 is 0.879 bits per heavy atom. The molecule has 1 atom stereocenters. The van der Waals surface area contributed by atoms with Crippen LogP contribution < -0.4 is 0 Å². The first-order chi connectivity index (χ1) is 28.5. The molecule has 0 fully saturated rings. The van der Waals surface area contributed by atoms with Gasteiger partial charge in [-0.3, -0.25) is 0 Å². The molecule has 0 aliphatic heterocycles. The highest BCUT2D eigenvalue weighted by Gasteiger charge is 2.35. The number of hydrogen-bond donors (Lipinski definition) is 0. The minimum Gasteiger partial charge on any atom is -0.0772 e. The molecule has 272 valence electrons. The molecule has 1 unspecified atom stereocenters. The summed E-state index contributed by atoms with van der Waals surface area (Å²) in [7, 11) is -0.631. The minimum atomic E-state index is -0.631. The summed E-state index contributed by atoms with van der Waals surface area (Å²) in [6.07, 6.45) is 0. The van der Waals surface area contributed by atoms with Gasteiger partial charge in [-0.2, -0.15) is 0 Å². The van der Waals surface area contributed by atoms with Crippen LogP contribution in [-0.2, 0) is 5.41 Å². The molecule has 0 radical (unpaired) electrons. The van der Waals surface area contributed by atoms with E-state index in [1.54, 1.807) is 0 Å². The zero-order valence-electron chi connectivity index (χ0n) is 32.5. The van der Waals surface area contributed by atoms with Crippen molar-refractivity contribution in [1.29, 1.82) is 0 Å². The quantitative estimate of drug-likeness (QED) is 0.157. The van der Waals surface area contributed by atoms with Crippen molar-refractivity contribution >= 4 is 60.9 Å². The highest BCUT2D eigenvalue weighted by molar-refractivity contribution is 7.67. The summed E-state index contributed by atoms with van der Waals surface area (Å²) in [5.74, 6) is 0. The van der Waals surface area contributed by atoms with Crippen LogP contribution in [0.3, 0.4) is 0 Å². The first kappa shape index (κ1) is 33.4. The predicted molar refractivity (Wildman–Crippen MR) is 252 cm³/mol. The second kappa shape index (κ2) is 12.6. The summed E-state index contributed by atoms with van der Waals surface area (Å²) in [6, 6.07) is 75.5. The van der Waals surface area contributed by atoms with E-state index in [1.807, 2.05) is 0 Å². The van der Waals surface area contributed by atoms with Crippen LogP contribution in [0.1, 0.15) is 25.0 Å². The summed E-state index contributed by atoms with van der Waals surface area (Å²) in [5.41, 5.74) is 13.0. The average Bonchev–Trinajstić information content (AvgIpc) is 3.73. The molecule has 0 saturated heterocycles. The van der Waals surface area contributed by atoms with Crippen LogP contribution in [0.4, 0.5) is 0 Å². The van der Waals surface area contributed by atoms with E-state index >= 15 is 0 Å². The van der Waals surface area contributed by atoms with Crippen LogP contribution in [0.5, 0.6) is 0 Å². The highest BCUT2D eigenvalue weighted by Crippen LogP contribution is 2.56. The number of benzene rings is 10. The molecule has 12 rings (SSSR count). The van der Waals surface area contributed by atoms with Crippen LogP contribution >= 0.6 is 7.53 Å². The molecule has 0 nitrogen and oxygen atoms in total. The molecule has 1 aromatic heterocycles. The zero-order valence-corrected chi connectivity index (χ0v) is 33.4. The van der Waals surface area contributed by atoms with Gasteiger partial charge in [0.15, 0.2) is 0 Å². The first-order valence-corrected chi connectivity index (χ1v) is 21.7. The van der Waals surface area contributed by atoms with Gasteiger partial charge >= 0.3 is 0 Å². The Hall–Kier alpha value is -6.72. The molecule has 10 aromatic carbocycles. The Bertz CT molecular complexity index is 3470. The molecule has 1 heteroatoms. The maximum Gasteiger partial charge on any atom is 0.0158 e. The van der Waals surface area contributed by atoms with Crippen molar-refractivity contribution in [2.75, 3.05) is 0 Å². The maximum absolute atomic E-state index is 2.49. The fourth-order valence-electron chi connectivity index (χ4n) is 10.3. The fourth-order valence-corrected chi connectivity index (χ4v) is 12.9. The predicted octanol–water partition coefficient (Wildman–Crippen LogP) is 16.7. The summed E-state index contributed by atoms with van der Waals surface area (Å²) in [4.78, 5) is 0. The Labute approximate surface area is 339 Å². The van der Waals surface area contributed by atoms with Crippen LogP contribution in [0, 0.1) is 0 Å². The van der Waals surface area contributed by atoms with Gasteiger partial charge in [0.2, 0.25) is 0 Å². The van der Waals surface area contributed by atoms with Gasteiger partial charge in [0.1, 0.15) is 0 Å². The zero-order chi connectivity index (χ0) is 38.5. The van der Waals surface area contributed by atoms with E-state index in [2.05, 4.69) is 214 Å². The smallest absolute Gasteiger partial charge is 0.0158 e. The Morgan fingerprint density at radius 1 is 0.328 bits per heavy atom. The summed E-state index contributed by atoms with van der Waals surface area (Å²) in [5, 5.41) is 14.6. The molecule has 0 spiro atoms. The van der Waals surface area contributed by atoms with E-state index in [1.165, 1.54) is 114 Å². The molecule has 0 bridgehead atoms. The second-order valence-electron chi connectivity index (χ2n) is 16.4. The van der Waals surface area contributed by atoms with E-state index in [-0.39, 0.29) is 5.41 Å². The summed E-state index contributed by atoms with van der Waals surface area (Å²) < 4.78 is 0. The van der Waals surface area contributed by atoms with Gasteiger partial charge in [-0.05, 0) is 128 Å². The van der Waals surface area contributed by atoms with E-state index in [9.17, 15) is 0 Å². The monoisotopic (exact) mass is 754 g/mol. The summed E-state index contributed by atoms with van der Waals surface area (Å²) >= 11 is 0. The number of fused-ring (bicyclic) bond motifs is 9. The average molecular weight is 755 g/mol. The summed E-state index contributed by atoms with van der Waals surface area (Å²) in [6.45, 7) is 4.73. The van der Waals surface area contributed by atoms with E-state index in [0.29, 0.717) is 0 Å². The lowest BCUT2D eigenvalue weighted by molar-refractivity contribution is 0.660. The normalized spacial score (nSPS) is 13.4. The molecular formula is C57H39P. The van der Waals surface area contributed by atoms with E-state index in [0.717, 1.165) is 0 Å². The lowest BCUT2D eigenvalue weighted by Gasteiger charge is -2.22. The molecule has 0 saturated carbocycles. The SMILES string of the molecule is CC1(C)c2ccccc2-c2cc(-c3c4ccccc4c(-c4ccc5c(c4)c4ccccc4p5-c4ccccc4)c4ccc(-c5cccc6ccccc56)cc34)ccc21.